The van der Waals surface area contributed by atoms with Gasteiger partial charge in [-0.1, -0.05) is 17.4 Å². The molecule has 6 nitrogen and oxygen atoms in total. The van der Waals surface area contributed by atoms with Gasteiger partial charge < -0.3 is 10.1 Å². The third kappa shape index (κ3) is 3.07. The third-order valence-electron chi connectivity index (χ3n) is 4.22. The number of ether oxygens (including phenoxy) is 1. The zero-order valence-electron chi connectivity index (χ0n) is 12.7. The summed E-state index contributed by atoms with van der Waals surface area (Å²) in [7, 11) is 0. The van der Waals surface area contributed by atoms with Crippen LogP contribution in [0.3, 0.4) is 0 Å². The van der Waals surface area contributed by atoms with Crippen LogP contribution in [0.25, 0.3) is 0 Å². The summed E-state index contributed by atoms with van der Waals surface area (Å²) in [6.07, 6.45) is 5.61. The summed E-state index contributed by atoms with van der Waals surface area (Å²) in [5.41, 5.74) is 3.26. The molecule has 0 bridgehead atoms. The minimum absolute atomic E-state index is 0.0297. The van der Waals surface area contributed by atoms with Gasteiger partial charge in [-0.05, 0) is 30.9 Å². The maximum atomic E-state index is 12.3. The second-order valence-corrected chi connectivity index (χ2v) is 6.87. The Balaban J connectivity index is 1.44. The molecular weight excluding hydrogens is 312 g/mol. The number of hydrogen-bond acceptors (Lipinski definition) is 5. The molecule has 23 heavy (non-hydrogen) atoms. The number of thiazole rings is 1. The van der Waals surface area contributed by atoms with Gasteiger partial charge in [0.1, 0.15) is 0 Å². The molecule has 1 atom stereocenters. The number of aryl methyl sites for hydroxylation is 1. The number of urea groups is 1. The van der Waals surface area contributed by atoms with Gasteiger partial charge >= 0.3 is 6.03 Å². The van der Waals surface area contributed by atoms with Crippen molar-refractivity contribution in [3.8, 4) is 0 Å². The number of rotatable bonds is 2. The zero-order chi connectivity index (χ0) is 15.6. The van der Waals surface area contributed by atoms with Crippen LogP contribution in [0.4, 0.5) is 9.93 Å². The number of pyridine rings is 1. The predicted molar refractivity (Wildman–Crippen MR) is 87.5 cm³/mol. The van der Waals surface area contributed by atoms with Gasteiger partial charge in [0.25, 0.3) is 0 Å². The lowest BCUT2D eigenvalue weighted by atomic mass is 9.92. The van der Waals surface area contributed by atoms with Crippen LogP contribution in [0, 0.1) is 0 Å². The van der Waals surface area contributed by atoms with Crippen molar-refractivity contribution in [1.82, 2.24) is 15.3 Å². The maximum absolute atomic E-state index is 12.3. The Hall–Kier alpha value is -1.99. The van der Waals surface area contributed by atoms with Crippen molar-refractivity contribution >= 4 is 22.5 Å². The van der Waals surface area contributed by atoms with Crippen LogP contribution in [0.1, 0.15) is 40.7 Å². The second kappa shape index (κ2) is 6.25. The lowest BCUT2D eigenvalue weighted by molar-refractivity contribution is 0.112. The molecule has 0 unspecified atom stereocenters. The van der Waals surface area contributed by atoms with Crippen molar-refractivity contribution < 1.29 is 9.53 Å². The molecule has 4 rings (SSSR count). The molecule has 3 heterocycles. The van der Waals surface area contributed by atoms with Crippen LogP contribution in [0.5, 0.6) is 0 Å². The number of carbonyl (C=O) groups is 1. The fraction of sp³-hybridized carbons (Fsp3) is 0.438. The van der Waals surface area contributed by atoms with Crippen molar-refractivity contribution in [1.29, 1.82) is 0 Å². The molecule has 0 saturated heterocycles. The summed E-state index contributed by atoms with van der Waals surface area (Å²) < 4.78 is 5.41. The number of carbonyl (C=O) groups excluding carboxylic acids is 1. The van der Waals surface area contributed by atoms with E-state index in [0.29, 0.717) is 18.3 Å². The highest BCUT2D eigenvalue weighted by atomic mass is 32.1. The average molecular weight is 330 g/mol. The summed E-state index contributed by atoms with van der Waals surface area (Å²) in [5, 5.41) is 6.51. The van der Waals surface area contributed by atoms with Crippen molar-refractivity contribution in [3.63, 3.8) is 0 Å². The minimum Gasteiger partial charge on any atom is -0.375 e. The maximum Gasteiger partial charge on any atom is 0.321 e. The summed E-state index contributed by atoms with van der Waals surface area (Å²) in [6.45, 7) is 1.29. The Bertz CT molecular complexity index is 707. The standard InChI is InChI=1S/C16H18N4O2S/c21-15(20-16-19-11-6-8-22-9-13(11)23-16)18-12-5-1-3-10-4-2-7-17-14(10)12/h2,4,7,12H,1,3,5-6,8-9H2,(H2,18,19,20,21)/t12-/m1/s1. The topological polar surface area (TPSA) is 76.1 Å². The number of nitrogens with zero attached hydrogens (tertiary/aromatic N) is 2. The minimum atomic E-state index is -0.222. The number of nitrogens with one attached hydrogen (secondary N) is 2. The molecule has 0 radical (unpaired) electrons. The van der Waals surface area contributed by atoms with Gasteiger partial charge in [0.2, 0.25) is 0 Å². The van der Waals surface area contributed by atoms with E-state index >= 15 is 0 Å². The van der Waals surface area contributed by atoms with Crippen LogP contribution >= 0.6 is 11.3 Å². The van der Waals surface area contributed by atoms with Crippen LogP contribution in [0.15, 0.2) is 18.3 Å². The fourth-order valence-corrected chi connectivity index (χ4v) is 4.06. The lowest BCUT2D eigenvalue weighted by Crippen LogP contribution is -2.34. The molecule has 1 aliphatic carbocycles. The van der Waals surface area contributed by atoms with E-state index in [-0.39, 0.29) is 12.1 Å². The van der Waals surface area contributed by atoms with Gasteiger partial charge in [-0.25, -0.2) is 9.78 Å². The number of fused-ring (bicyclic) bond motifs is 2. The molecular formula is C16H18N4O2S. The molecule has 0 aromatic carbocycles. The lowest BCUT2D eigenvalue weighted by Gasteiger charge is -2.24. The molecule has 2 N–H and O–H groups in total. The first-order valence-electron chi connectivity index (χ1n) is 7.87. The first kappa shape index (κ1) is 14.6. The Morgan fingerprint density at radius 2 is 2.35 bits per heavy atom. The summed E-state index contributed by atoms with van der Waals surface area (Å²) in [4.78, 5) is 22.3. The van der Waals surface area contributed by atoms with Crippen LogP contribution in [-0.4, -0.2) is 22.6 Å². The highest BCUT2D eigenvalue weighted by Gasteiger charge is 2.23. The SMILES string of the molecule is O=C(Nc1nc2c(s1)COCC2)N[C@@H]1CCCc2cccnc21. The molecule has 120 valence electrons. The Labute approximate surface area is 138 Å². The van der Waals surface area contributed by atoms with Gasteiger partial charge in [0, 0.05) is 12.6 Å². The highest BCUT2D eigenvalue weighted by molar-refractivity contribution is 7.15. The molecule has 0 fully saturated rings. The first-order chi connectivity index (χ1) is 11.3. The van der Waals surface area contributed by atoms with E-state index in [0.717, 1.165) is 41.9 Å². The number of anilines is 1. The molecule has 0 spiro atoms. The van der Waals surface area contributed by atoms with Crippen LogP contribution in [-0.2, 0) is 24.2 Å². The van der Waals surface area contributed by atoms with Crippen LogP contribution in [0.2, 0.25) is 0 Å². The normalized spacial score (nSPS) is 19.6. The monoisotopic (exact) mass is 330 g/mol. The van der Waals surface area contributed by atoms with E-state index < -0.39 is 0 Å². The van der Waals surface area contributed by atoms with Crippen molar-refractivity contribution in [2.75, 3.05) is 11.9 Å². The summed E-state index contributed by atoms with van der Waals surface area (Å²) in [6, 6.07) is 3.78. The smallest absolute Gasteiger partial charge is 0.321 e. The van der Waals surface area contributed by atoms with E-state index in [4.69, 9.17) is 4.74 Å². The summed E-state index contributed by atoms with van der Waals surface area (Å²) in [5.74, 6) is 0. The molecule has 1 aliphatic heterocycles. The van der Waals surface area contributed by atoms with Gasteiger partial charge in [-0.2, -0.15) is 0 Å². The van der Waals surface area contributed by atoms with E-state index in [9.17, 15) is 4.79 Å². The fourth-order valence-electron chi connectivity index (χ4n) is 3.12. The van der Waals surface area contributed by atoms with Crippen molar-refractivity contribution in [3.05, 3.63) is 40.2 Å². The molecule has 2 aromatic rings. The first-order valence-corrected chi connectivity index (χ1v) is 8.69. The average Bonchev–Trinajstić information content (AvgIpc) is 2.97. The van der Waals surface area contributed by atoms with Gasteiger partial charge in [-0.3, -0.25) is 10.3 Å². The largest absolute Gasteiger partial charge is 0.375 e. The highest BCUT2D eigenvalue weighted by Crippen LogP contribution is 2.29. The van der Waals surface area contributed by atoms with E-state index in [1.807, 2.05) is 6.07 Å². The Kier molecular flexibility index (Phi) is 3.97. The molecule has 0 saturated carbocycles. The predicted octanol–water partition coefficient (Wildman–Crippen LogP) is 2.81. The van der Waals surface area contributed by atoms with Gasteiger partial charge in [0.05, 0.1) is 35.5 Å². The van der Waals surface area contributed by atoms with Crippen molar-refractivity contribution in [2.24, 2.45) is 0 Å². The van der Waals surface area contributed by atoms with Crippen molar-refractivity contribution in [2.45, 2.75) is 38.3 Å². The van der Waals surface area contributed by atoms with E-state index in [1.54, 1.807) is 6.20 Å². The number of aromatic nitrogens is 2. The Morgan fingerprint density at radius 1 is 1.39 bits per heavy atom. The number of hydrogen-bond donors (Lipinski definition) is 2. The molecule has 2 aliphatic rings. The molecule has 7 heteroatoms. The molecule has 2 amide bonds. The second-order valence-electron chi connectivity index (χ2n) is 5.78. The van der Waals surface area contributed by atoms with Crippen LogP contribution < -0.4 is 10.6 Å². The third-order valence-corrected chi connectivity index (χ3v) is 5.20. The van der Waals surface area contributed by atoms with E-state index in [1.165, 1.54) is 16.9 Å². The quantitative estimate of drug-likeness (QED) is 0.888. The Morgan fingerprint density at radius 3 is 3.26 bits per heavy atom. The summed E-state index contributed by atoms with van der Waals surface area (Å²) >= 11 is 1.49. The van der Waals surface area contributed by atoms with Gasteiger partial charge in [-0.15, -0.1) is 0 Å². The number of amides is 2. The van der Waals surface area contributed by atoms with Gasteiger partial charge in [0.15, 0.2) is 5.13 Å². The zero-order valence-corrected chi connectivity index (χ0v) is 13.5. The molecule has 2 aromatic heterocycles. The van der Waals surface area contributed by atoms with E-state index in [2.05, 4.69) is 26.7 Å².